The summed E-state index contributed by atoms with van der Waals surface area (Å²) in [6, 6.07) is 11.2. The van der Waals surface area contributed by atoms with E-state index in [1.54, 1.807) is 0 Å². The van der Waals surface area contributed by atoms with Gasteiger partial charge in [-0.05, 0) is 29.7 Å². The van der Waals surface area contributed by atoms with Gasteiger partial charge in [0.15, 0.2) is 0 Å². The van der Waals surface area contributed by atoms with Crippen LogP contribution in [0.15, 0.2) is 66.5 Å². The summed E-state index contributed by atoms with van der Waals surface area (Å²) in [4.78, 5) is 2.33. The summed E-state index contributed by atoms with van der Waals surface area (Å²) in [5, 5.41) is 3.60. The molecule has 0 saturated carbocycles. The van der Waals surface area contributed by atoms with Gasteiger partial charge >= 0.3 is 0 Å². The number of nitrogens with zero attached hydrogens (tertiary/aromatic N) is 1. The number of hydrogen-bond donors (Lipinski definition) is 1. The highest BCUT2D eigenvalue weighted by molar-refractivity contribution is 5.36. The van der Waals surface area contributed by atoms with Crippen molar-refractivity contribution in [3.05, 3.63) is 72.1 Å². The average molecular weight is 238 g/mol. The molecule has 3 rings (SSSR count). The van der Waals surface area contributed by atoms with E-state index < -0.39 is 0 Å². The first-order valence-corrected chi connectivity index (χ1v) is 6.43. The molecular formula is C16H18N2. The highest BCUT2D eigenvalue weighted by atomic mass is 15.2. The number of benzene rings is 1. The normalized spacial score (nSPS) is 22.7. The summed E-state index contributed by atoms with van der Waals surface area (Å²) in [5.74, 6) is 0. The van der Waals surface area contributed by atoms with E-state index in [4.69, 9.17) is 0 Å². The molecule has 1 unspecified atom stereocenters. The third kappa shape index (κ3) is 2.39. The standard InChI is InChI=1S/C16H18N2/c1-13-7-8-18-12-15(17-11-16(18)9-13)10-14-5-3-2-4-6-14/h2-9,15,17H,1,10-12H2. The fourth-order valence-electron chi connectivity index (χ4n) is 2.54. The molecule has 0 radical (unpaired) electrons. The molecule has 1 aromatic carbocycles. The number of nitrogens with one attached hydrogen (secondary N) is 1. The van der Waals surface area contributed by atoms with E-state index in [0.29, 0.717) is 6.04 Å². The summed E-state index contributed by atoms with van der Waals surface area (Å²) >= 11 is 0. The number of allylic oxidation sites excluding steroid dienone is 3. The Balaban J connectivity index is 1.66. The molecule has 1 atom stereocenters. The minimum Gasteiger partial charge on any atom is -0.349 e. The molecule has 18 heavy (non-hydrogen) atoms. The topological polar surface area (TPSA) is 15.3 Å². The van der Waals surface area contributed by atoms with E-state index in [-0.39, 0.29) is 0 Å². The van der Waals surface area contributed by atoms with Crippen molar-refractivity contribution in [3.63, 3.8) is 0 Å². The molecule has 1 aromatic rings. The van der Waals surface area contributed by atoms with Crippen molar-refractivity contribution in [1.29, 1.82) is 0 Å². The van der Waals surface area contributed by atoms with Crippen molar-refractivity contribution >= 4 is 0 Å². The Kier molecular flexibility index (Phi) is 3.03. The molecule has 2 heteroatoms. The predicted octanol–water partition coefficient (Wildman–Crippen LogP) is 2.47. The van der Waals surface area contributed by atoms with Gasteiger partial charge in [-0.2, -0.15) is 0 Å². The highest BCUT2D eigenvalue weighted by Crippen LogP contribution is 2.20. The van der Waals surface area contributed by atoms with E-state index in [2.05, 4.69) is 65.5 Å². The lowest BCUT2D eigenvalue weighted by molar-refractivity contribution is 0.316. The molecule has 1 N–H and O–H groups in total. The molecule has 2 heterocycles. The van der Waals surface area contributed by atoms with Gasteiger partial charge in [-0.25, -0.2) is 0 Å². The Morgan fingerprint density at radius 2 is 2.11 bits per heavy atom. The van der Waals surface area contributed by atoms with Crippen molar-refractivity contribution in [2.75, 3.05) is 13.1 Å². The SMILES string of the molecule is C=C1C=CN2CC(Cc3ccccc3)NCC2=C1. The van der Waals surface area contributed by atoms with Crippen LogP contribution in [0.4, 0.5) is 0 Å². The quantitative estimate of drug-likeness (QED) is 0.851. The van der Waals surface area contributed by atoms with Gasteiger partial charge in [0.05, 0.1) is 0 Å². The zero-order valence-electron chi connectivity index (χ0n) is 10.5. The summed E-state index contributed by atoms with van der Waals surface area (Å²) < 4.78 is 0. The van der Waals surface area contributed by atoms with Crippen LogP contribution in [0.5, 0.6) is 0 Å². The van der Waals surface area contributed by atoms with Gasteiger partial charge in [0.2, 0.25) is 0 Å². The largest absolute Gasteiger partial charge is 0.349 e. The maximum absolute atomic E-state index is 3.97. The molecule has 1 fully saturated rings. The van der Waals surface area contributed by atoms with Crippen LogP contribution in [0.3, 0.4) is 0 Å². The van der Waals surface area contributed by atoms with Gasteiger partial charge < -0.3 is 10.2 Å². The Hall–Kier alpha value is -1.80. The van der Waals surface area contributed by atoms with E-state index in [0.717, 1.165) is 25.1 Å². The second kappa shape index (κ2) is 4.83. The zero-order chi connectivity index (χ0) is 12.4. The first-order valence-electron chi connectivity index (χ1n) is 6.43. The molecule has 2 aliphatic rings. The monoisotopic (exact) mass is 238 g/mol. The molecular weight excluding hydrogens is 220 g/mol. The van der Waals surface area contributed by atoms with Crippen molar-refractivity contribution in [1.82, 2.24) is 10.2 Å². The molecule has 0 aromatic heterocycles. The number of hydrogen-bond acceptors (Lipinski definition) is 2. The maximum atomic E-state index is 3.97. The molecule has 0 aliphatic carbocycles. The molecule has 2 aliphatic heterocycles. The zero-order valence-corrected chi connectivity index (χ0v) is 10.5. The van der Waals surface area contributed by atoms with E-state index in [1.807, 2.05) is 0 Å². The van der Waals surface area contributed by atoms with Gasteiger partial charge in [-0.1, -0.05) is 36.9 Å². The summed E-state index contributed by atoms with van der Waals surface area (Å²) in [7, 11) is 0. The van der Waals surface area contributed by atoms with Crippen LogP contribution in [0.1, 0.15) is 5.56 Å². The first-order chi connectivity index (χ1) is 8.81. The Labute approximate surface area is 108 Å². The number of rotatable bonds is 2. The molecule has 2 nitrogen and oxygen atoms in total. The molecule has 0 spiro atoms. The van der Waals surface area contributed by atoms with Gasteiger partial charge in [-0.3, -0.25) is 0 Å². The minimum atomic E-state index is 0.514. The van der Waals surface area contributed by atoms with E-state index >= 15 is 0 Å². The van der Waals surface area contributed by atoms with Gasteiger partial charge in [0, 0.05) is 31.0 Å². The Morgan fingerprint density at radius 3 is 2.94 bits per heavy atom. The van der Waals surface area contributed by atoms with E-state index in [1.165, 1.54) is 11.3 Å². The van der Waals surface area contributed by atoms with Crippen LogP contribution in [-0.2, 0) is 6.42 Å². The third-order valence-corrected chi connectivity index (χ3v) is 3.50. The number of piperazine rings is 1. The Bertz CT molecular complexity index is 499. The fraction of sp³-hybridized carbons (Fsp3) is 0.250. The summed E-state index contributed by atoms with van der Waals surface area (Å²) in [6.07, 6.45) is 7.47. The lowest BCUT2D eigenvalue weighted by Gasteiger charge is -2.37. The van der Waals surface area contributed by atoms with Gasteiger partial charge in [0.25, 0.3) is 0 Å². The highest BCUT2D eigenvalue weighted by Gasteiger charge is 2.22. The third-order valence-electron chi connectivity index (χ3n) is 3.50. The van der Waals surface area contributed by atoms with Gasteiger partial charge in [0.1, 0.15) is 0 Å². The smallest absolute Gasteiger partial charge is 0.0380 e. The Morgan fingerprint density at radius 1 is 1.28 bits per heavy atom. The van der Waals surface area contributed by atoms with Crippen LogP contribution in [0.25, 0.3) is 0 Å². The van der Waals surface area contributed by atoms with Crippen LogP contribution in [0, 0.1) is 0 Å². The van der Waals surface area contributed by atoms with Crippen LogP contribution < -0.4 is 5.32 Å². The second-order valence-electron chi connectivity index (χ2n) is 4.95. The van der Waals surface area contributed by atoms with Crippen molar-refractivity contribution in [2.45, 2.75) is 12.5 Å². The summed E-state index contributed by atoms with van der Waals surface area (Å²) in [6.45, 7) is 5.94. The lowest BCUT2D eigenvalue weighted by atomic mass is 10.0. The van der Waals surface area contributed by atoms with Crippen molar-refractivity contribution < 1.29 is 0 Å². The molecule has 1 saturated heterocycles. The van der Waals surface area contributed by atoms with Crippen LogP contribution in [0.2, 0.25) is 0 Å². The van der Waals surface area contributed by atoms with Gasteiger partial charge in [-0.15, -0.1) is 0 Å². The molecule has 92 valence electrons. The van der Waals surface area contributed by atoms with Crippen LogP contribution >= 0.6 is 0 Å². The second-order valence-corrected chi connectivity index (χ2v) is 4.95. The van der Waals surface area contributed by atoms with Crippen molar-refractivity contribution in [2.24, 2.45) is 0 Å². The number of fused-ring (bicyclic) bond motifs is 1. The maximum Gasteiger partial charge on any atom is 0.0380 e. The lowest BCUT2D eigenvalue weighted by Crippen LogP contribution is -2.48. The first kappa shape index (κ1) is 11.3. The molecule has 0 amide bonds. The van der Waals surface area contributed by atoms with Crippen molar-refractivity contribution in [3.8, 4) is 0 Å². The average Bonchev–Trinajstić information content (AvgIpc) is 2.40. The molecule has 0 bridgehead atoms. The summed E-state index contributed by atoms with van der Waals surface area (Å²) in [5.41, 5.74) is 3.81. The minimum absolute atomic E-state index is 0.514. The van der Waals surface area contributed by atoms with Crippen LogP contribution in [-0.4, -0.2) is 24.0 Å². The predicted molar refractivity (Wildman–Crippen MR) is 75.0 cm³/mol. The fourth-order valence-corrected chi connectivity index (χ4v) is 2.54. The van der Waals surface area contributed by atoms with E-state index in [9.17, 15) is 0 Å².